The lowest BCUT2D eigenvalue weighted by atomic mass is 10.0. The predicted octanol–water partition coefficient (Wildman–Crippen LogP) is 4.26. The summed E-state index contributed by atoms with van der Waals surface area (Å²) in [7, 11) is 0. The minimum absolute atomic E-state index is 0.328. The molecule has 0 bridgehead atoms. The largest absolute Gasteiger partial charge is 0.354 e. The maximum atomic E-state index is 14.0. The Morgan fingerprint density at radius 2 is 1.90 bits per heavy atom. The minimum Gasteiger partial charge on any atom is -0.354 e. The highest BCUT2D eigenvalue weighted by atomic mass is 19.1. The standard InChI is InChI=1S/C17H16FN3/c1-2-9-19-17-20-11-15(18)16(21-17)14-8-7-12-5-3-4-6-13(12)10-14/h3-8,10-11H,2,9H2,1H3,(H,19,20,21). The first-order valence-corrected chi connectivity index (χ1v) is 7.03. The Morgan fingerprint density at radius 3 is 2.71 bits per heavy atom. The summed E-state index contributed by atoms with van der Waals surface area (Å²) in [5.74, 6) is 0.0498. The van der Waals surface area contributed by atoms with Crippen molar-refractivity contribution in [1.29, 1.82) is 0 Å². The van der Waals surface area contributed by atoms with Gasteiger partial charge in [0.1, 0.15) is 5.69 Å². The highest BCUT2D eigenvalue weighted by molar-refractivity contribution is 5.86. The molecular formula is C17H16FN3. The first-order chi connectivity index (χ1) is 10.3. The predicted molar refractivity (Wildman–Crippen MR) is 83.7 cm³/mol. The summed E-state index contributed by atoms with van der Waals surface area (Å²) in [6.07, 6.45) is 2.18. The molecule has 0 aliphatic heterocycles. The number of aromatic nitrogens is 2. The van der Waals surface area contributed by atoms with Gasteiger partial charge in [0, 0.05) is 12.1 Å². The Balaban J connectivity index is 2.04. The Bertz CT molecular complexity index is 771. The third-order valence-corrected chi connectivity index (χ3v) is 3.30. The average molecular weight is 281 g/mol. The van der Waals surface area contributed by atoms with Gasteiger partial charge in [-0.3, -0.25) is 0 Å². The molecule has 0 unspecified atom stereocenters. The smallest absolute Gasteiger partial charge is 0.223 e. The summed E-state index contributed by atoms with van der Waals surface area (Å²) in [5, 5.41) is 5.27. The van der Waals surface area contributed by atoms with Gasteiger partial charge in [0.2, 0.25) is 5.95 Å². The van der Waals surface area contributed by atoms with Crippen LogP contribution in [0.3, 0.4) is 0 Å². The van der Waals surface area contributed by atoms with Crippen LogP contribution < -0.4 is 5.32 Å². The Hall–Kier alpha value is -2.49. The molecule has 1 N–H and O–H groups in total. The van der Waals surface area contributed by atoms with Crippen LogP contribution >= 0.6 is 0 Å². The van der Waals surface area contributed by atoms with Crippen molar-refractivity contribution in [3.63, 3.8) is 0 Å². The highest BCUT2D eigenvalue weighted by Crippen LogP contribution is 2.25. The quantitative estimate of drug-likeness (QED) is 0.776. The summed E-state index contributed by atoms with van der Waals surface area (Å²) in [6.45, 7) is 2.82. The van der Waals surface area contributed by atoms with Crippen molar-refractivity contribution in [2.75, 3.05) is 11.9 Å². The fourth-order valence-corrected chi connectivity index (χ4v) is 2.23. The van der Waals surface area contributed by atoms with Gasteiger partial charge in [0.05, 0.1) is 6.20 Å². The average Bonchev–Trinajstić information content (AvgIpc) is 2.53. The molecule has 3 aromatic rings. The second-order valence-corrected chi connectivity index (χ2v) is 4.88. The number of hydrogen-bond donors (Lipinski definition) is 1. The van der Waals surface area contributed by atoms with Gasteiger partial charge in [0.25, 0.3) is 0 Å². The molecule has 21 heavy (non-hydrogen) atoms. The molecule has 0 aliphatic carbocycles. The first kappa shape index (κ1) is 13.5. The second kappa shape index (κ2) is 5.87. The zero-order chi connectivity index (χ0) is 14.7. The summed E-state index contributed by atoms with van der Waals surface area (Å²) in [6, 6.07) is 13.8. The van der Waals surface area contributed by atoms with E-state index in [1.165, 1.54) is 6.20 Å². The van der Waals surface area contributed by atoms with E-state index in [9.17, 15) is 4.39 Å². The van der Waals surface area contributed by atoms with Crippen LogP contribution in [-0.2, 0) is 0 Å². The Morgan fingerprint density at radius 1 is 1.10 bits per heavy atom. The van der Waals surface area contributed by atoms with E-state index in [2.05, 4.69) is 22.2 Å². The number of hydrogen-bond acceptors (Lipinski definition) is 3. The normalized spacial score (nSPS) is 10.8. The molecule has 4 heteroatoms. The first-order valence-electron chi connectivity index (χ1n) is 7.03. The fraction of sp³-hybridized carbons (Fsp3) is 0.176. The molecule has 106 valence electrons. The van der Waals surface area contributed by atoms with Crippen molar-refractivity contribution in [2.24, 2.45) is 0 Å². The third kappa shape index (κ3) is 2.84. The van der Waals surface area contributed by atoms with E-state index in [-0.39, 0.29) is 0 Å². The van der Waals surface area contributed by atoms with Crippen LogP contribution in [0.2, 0.25) is 0 Å². The maximum Gasteiger partial charge on any atom is 0.223 e. The van der Waals surface area contributed by atoms with Gasteiger partial charge < -0.3 is 5.32 Å². The van der Waals surface area contributed by atoms with E-state index in [1.807, 2.05) is 42.5 Å². The number of nitrogens with one attached hydrogen (secondary N) is 1. The van der Waals surface area contributed by atoms with Crippen LogP contribution in [0.15, 0.2) is 48.7 Å². The molecule has 3 rings (SSSR count). The molecule has 0 spiro atoms. The van der Waals surface area contributed by atoms with Gasteiger partial charge in [-0.15, -0.1) is 0 Å². The van der Waals surface area contributed by atoms with Crippen LogP contribution in [0, 0.1) is 5.82 Å². The van der Waals surface area contributed by atoms with Gasteiger partial charge >= 0.3 is 0 Å². The van der Waals surface area contributed by atoms with E-state index >= 15 is 0 Å². The van der Waals surface area contributed by atoms with Crippen molar-refractivity contribution in [3.05, 3.63) is 54.5 Å². The van der Waals surface area contributed by atoms with E-state index in [0.717, 1.165) is 29.3 Å². The second-order valence-electron chi connectivity index (χ2n) is 4.88. The molecule has 1 aromatic heterocycles. The van der Waals surface area contributed by atoms with Crippen LogP contribution in [0.1, 0.15) is 13.3 Å². The number of rotatable bonds is 4. The van der Waals surface area contributed by atoms with Crippen molar-refractivity contribution >= 4 is 16.7 Å². The molecule has 0 amide bonds. The zero-order valence-electron chi connectivity index (χ0n) is 11.8. The SMILES string of the molecule is CCCNc1ncc(F)c(-c2ccc3ccccc3c2)n1. The molecule has 1 heterocycles. The number of benzene rings is 2. The lowest BCUT2D eigenvalue weighted by molar-refractivity contribution is 0.618. The number of halogens is 1. The van der Waals surface area contributed by atoms with Crippen LogP contribution in [0.25, 0.3) is 22.0 Å². The van der Waals surface area contributed by atoms with Crippen LogP contribution in [0.4, 0.5) is 10.3 Å². The van der Waals surface area contributed by atoms with E-state index in [0.29, 0.717) is 11.6 Å². The Kier molecular flexibility index (Phi) is 3.77. The minimum atomic E-state index is -0.410. The molecule has 0 radical (unpaired) electrons. The van der Waals surface area contributed by atoms with Crippen molar-refractivity contribution in [1.82, 2.24) is 9.97 Å². The summed E-state index contributed by atoms with van der Waals surface area (Å²) in [5.41, 5.74) is 1.09. The third-order valence-electron chi connectivity index (χ3n) is 3.30. The monoisotopic (exact) mass is 281 g/mol. The molecule has 0 atom stereocenters. The van der Waals surface area contributed by atoms with Gasteiger partial charge in [-0.2, -0.15) is 0 Å². The van der Waals surface area contributed by atoms with Crippen molar-refractivity contribution in [2.45, 2.75) is 13.3 Å². The summed E-state index contributed by atoms with van der Waals surface area (Å²) < 4.78 is 14.0. The van der Waals surface area contributed by atoms with Gasteiger partial charge in [0.15, 0.2) is 5.82 Å². The molecule has 0 fully saturated rings. The molecule has 0 aliphatic rings. The van der Waals surface area contributed by atoms with E-state index < -0.39 is 5.82 Å². The van der Waals surface area contributed by atoms with Gasteiger partial charge in [-0.05, 0) is 23.3 Å². The lowest BCUT2D eigenvalue weighted by Crippen LogP contribution is -2.05. The molecule has 2 aromatic carbocycles. The van der Waals surface area contributed by atoms with Crippen LogP contribution in [0.5, 0.6) is 0 Å². The zero-order valence-corrected chi connectivity index (χ0v) is 11.8. The van der Waals surface area contributed by atoms with Gasteiger partial charge in [-0.25, -0.2) is 14.4 Å². The molecule has 3 nitrogen and oxygen atoms in total. The number of nitrogens with zero attached hydrogens (tertiary/aromatic N) is 2. The Labute approximate surface area is 122 Å². The molecular weight excluding hydrogens is 265 g/mol. The van der Waals surface area contributed by atoms with Crippen LogP contribution in [-0.4, -0.2) is 16.5 Å². The molecule has 0 saturated heterocycles. The van der Waals surface area contributed by atoms with E-state index in [1.54, 1.807) is 0 Å². The fourth-order valence-electron chi connectivity index (χ4n) is 2.23. The van der Waals surface area contributed by atoms with Crippen molar-refractivity contribution in [3.8, 4) is 11.3 Å². The van der Waals surface area contributed by atoms with E-state index in [4.69, 9.17) is 0 Å². The maximum absolute atomic E-state index is 14.0. The van der Waals surface area contributed by atoms with Crippen molar-refractivity contribution < 1.29 is 4.39 Å². The number of fused-ring (bicyclic) bond motifs is 1. The summed E-state index contributed by atoms with van der Waals surface area (Å²) >= 11 is 0. The topological polar surface area (TPSA) is 37.8 Å². The van der Waals surface area contributed by atoms with Gasteiger partial charge in [-0.1, -0.05) is 43.3 Å². The highest BCUT2D eigenvalue weighted by Gasteiger charge is 2.10. The number of anilines is 1. The molecule has 0 saturated carbocycles. The summed E-state index contributed by atoms with van der Waals surface area (Å²) in [4.78, 5) is 8.26. The lowest BCUT2D eigenvalue weighted by Gasteiger charge is -2.07.